The van der Waals surface area contributed by atoms with Crippen molar-refractivity contribution in [2.45, 2.75) is 25.7 Å². The molecule has 0 amide bonds. The fourth-order valence-corrected chi connectivity index (χ4v) is 3.01. The van der Waals surface area contributed by atoms with E-state index in [1.807, 2.05) is 18.2 Å². The number of hydrogen-bond donors (Lipinski definition) is 2. The van der Waals surface area contributed by atoms with Crippen molar-refractivity contribution in [3.05, 3.63) is 57.6 Å². The number of hydrogen-bond acceptors (Lipinski definition) is 4. The van der Waals surface area contributed by atoms with E-state index in [1.54, 1.807) is 6.07 Å². The van der Waals surface area contributed by atoms with Crippen molar-refractivity contribution in [3.63, 3.8) is 0 Å². The fraction of sp³-hybridized carbons (Fsp3) is 0.250. The van der Waals surface area contributed by atoms with E-state index < -0.39 is 0 Å². The Kier molecular flexibility index (Phi) is 3.78. The number of aromatic amines is 1. The highest BCUT2D eigenvalue weighted by atomic mass is 35.5. The van der Waals surface area contributed by atoms with Gasteiger partial charge in [0.15, 0.2) is 0 Å². The number of halogens is 1. The molecule has 1 aromatic carbocycles. The van der Waals surface area contributed by atoms with E-state index in [2.05, 4.69) is 23.2 Å². The van der Waals surface area contributed by atoms with Crippen LogP contribution in [0.5, 0.6) is 5.88 Å². The van der Waals surface area contributed by atoms with Crippen LogP contribution in [0.25, 0.3) is 0 Å². The topological polar surface area (TPSA) is 87.7 Å². The first-order valence-electron chi connectivity index (χ1n) is 7.06. The number of nitrogens with one attached hydrogen (secondary N) is 1. The van der Waals surface area contributed by atoms with Crippen LogP contribution in [0.2, 0.25) is 5.02 Å². The molecule has 0 spiro atoms. The summed E-state index contributed by atoms with van der Waals surface area (Å²) in [5.74, 6) is 0.222. The van der Waals surface area contributed by atoms with Crippen molar-refractivity contribution in [2.24, 2.45) is 5.73 Å². The van der Waals surface area contributed by atoms with Crippen LogP contribution < -0.4 is 10.5 Å². The van der Waals surface area contributed by atoms with Crippen LogP contribution in [-0.2, 0) is 6.42 Å². The van der Waals surface area contributed by atoms with E-state index in [-0.39, 0.29) is 11.8 Å². The number of aromatic nitrogens is 2. The Balaban J connectivity index is 2.24. The standard InChI is InChI=1S/C16H15ClN4O/c1-2-5-12-14-13(9-6-3-4-7-11(9)17)10(8-18)15(19)22-16(14)21-20-12/h3-4,6-7,13H,2,5,19H2,1H3,(H,20,21). The van der Waals surface area contributed by atoms with E-state index in [0.29, 0.717) is 16.5 Å². The monoisotopic (exact) mass is 314 g/mol. The summed E-state index contributed by atoms with van der Waals surface area (Å²) in [6.45, 7) is 2.07. The molecule has 1 aliphatic rings. The highest BCUT2D eigenvalue weighted by Crippen LogP contribution is 2.44. The molecule has 0 saturated carbocycles. The van der Waals surface area contributed by atoms with Gasteiger partial charge in [0.05, 0.1) is 17.2 Å². The van der Waals surface area contributed by atoms with Crippen LogP contribution in [0, 0.1) is 11.3 Å². The summed E-state index contributed by atoms with van der Waals surface area (Å²) in [6, 6.07) is 9.60. The van der Waals surface area contributed by atoms with Gasteiger partial charge in [0, 0.05) is 5.02 Å². The predicted molar refractivity (Wildman–Crippen MR) is 83.3 cm³/mol. The number of ether oxygens (including phenoxy) is 1. The number of benzene rings is 1. The van der Waals surface area contributed by atoms with Crippen LogP contribution >= 0.6 is 11.6 Å². The third kappa shape index (κ3) is 2.22. The van der Waals surface area contributed by atoms with Crippen LogP contribution in [0.1, 0.15) is 36.1 Å². The molecule has 2 aromatic rings. The average molecular weight is 315 g/mol. The molecule has 1 atom stereocenters. The summed E-state index contributed by atoms with van der Waals surface area (Å²) >= 11 is 6.35. The molecule has 112 valence electrons. The molecule has 6 heteroatoms. The van der Waals surface area contributed by atoms with Crippen LogP contribution in [0.3, 0.4) is 0 Å². The molecule has 3 rings (SSSR count). The third-order valence-corrected chi connectivity index (χ3v) is 4.07. The Morgan fingerprint density at radius 1 is 1.45 bits per heavy atom. The summed E-state index contributed by atoms with van der Waals surface area (Å²) in [7, 11) is 0. The first-order chi connectivity index (χ1) is 10.7. The van der Waals surface area contributed by atoms with Gasteiger partial charge in [-0.15, -0.1) is 0 Å². The van der Waals surface area contributed by atoms with Gasteiger partial charge in [-0.25, -0.2) is 5.10 Å². The molecule has 0 radical (unpaired) electrons. The Hall–Kier alpha value is -2.45. The summed E-state index contributed by atoms with van der Waals surface area (Å²) in [5, 5.41) is 17.3. The smallest absolute Gasteiger partial charge is 0.221 e. The number of nitrogens with zero attached hydrogens (tertiary/aromatic N) is 2. The van der Waals surface area contributed by atoms with E-state index in [9.17, 15) is 5.26 Å². The number of H-pyrrole nitrogens is 1. The molecule has 0 saturated heterocycles. The first kappa shape index (κ1) is 14.5. The highest BCUT2D eigenvalue weighted by Gasteiger charge is 2.35. The molecule has 0 fully saturated rings. The molecule has 5 nitrogen and oxygen atoms in total. The number of fused-ring (bicyclic) bond motifs is 1. The van der Waals surface area contributed by atoms with E-state index in [1.165, 1.54) is 0 Å². The van der Waals surface area contributed by atoms with Gasteiger partial charge >= 0.3 is 0 Å². The molecule has 22 heavy (non-hydrogen) atoms. The lowest BCUT2D eigenvalue weighted by molar-refractivity contribution is 0.378. The minimum atomic E-state index is -0.359. The Morgan fingerprint density at radius 2 is 2.23 bits per heavy atom. The second-order valence-corrected chi connectivity index (χ2v) is 5.52. The van der Waals surface area contributed by atoms with E-state index in [4.69, 9.17) is 22.1 Å². The van der Waals surface area contributed by atoms with E-state index >= 15 is 0 Å². The summed E-state index contributed by atoms with van der Waals surface area (Å²) in [4.78, 5) is 0. The van der Waals surface area contributed by atoms with Gasteiger partial charge in [0.1, 0.15) is 11.6 Å². The summed E-state index contributed by atoms with van der Waals surface area (Å²) < 4.78 is 5.53. The molecule has 1 unspecified atom stereocenters. The highest BCUT2D eigenvalue weighted by molar-refractivity contribution is 6.31. The second kappa shape index (κ2) is 5.74. The minimum absolute atomic E-state index is 0.0895. The summed E-state index contributed by atoms with van der Waals surface area (Å²) in [6.07, 6.45) is 1.72. The van der Waals surface area contributed by atoms with Gasteiger partial charge in [-0.3, -0.25) is 0 Å². The molecule has 2 heterocycles. The molecular weight excluding hydrogens is 300 g/mol. The fourth-order valence-electron chi connectivity index (χ4n) is 2.76. The average Bonchev–Trinajstić information content (AvgIpc) is 2.89. The van der Waals surface area contributed by atoms with Crippen molar-refractivity contribution < 1.29 is 4.74 Å². The number of nitriles is 1. The number of allylic oxidation sites excluding steroid dienone is 1. The van der Waals surface area contributed by atoms with Gasteiger partial charge < -0.3 is 10.5 Å². The van der Waals surface area contributed by atoms with Gasteiger partial charge in [0.25, 0.3) is 0 Å². The van der Waals surface area contributed by atoms with Gasteiger partial charge in [-0.2, -0.15) is 10.4 Å². The molecule has 1 aliphatic heterocycles. The quantitative estimate of drug-likeness (QED) is 0.910. The molecule has 3 N–H and O–H groups in total. The Morgan fingerprint density at radius 3 is 2.91 bits per heavy atom. The Labute approximate surface area is 133 Å². The largest absolute Gasteiger partial charge is 0.422 e. The third-order valence-electron chi connectivity index (χ3n) is 3.73. The number of aryl methyl sites for hydroxylation is 1. The number of nitrogens with two attached hydrogens (primary N) is 1. The molecule has 0 aliphatic carbocycles. The van der Waals surface area contributed by atoms with E-state index in [0.717, 1.165) is 29.7 Å². The molecule has 0 bridgehead atoms. The van der Waals surface area contributed by atoms with Crippen molar-refractivity contribution in [3.8, 4) is 11.9 Å². The zero-order valence-corrected chi connectivity index (χ0v) is 12.8. The predicted octanol–water partition coefficient (Wildman–Crippen LogP) is 3.23. The maximum absolute atomic E-state index is 9.53. The lowest BCUT2D eigenvalue weighted by Crippen LogP contribution is -2.21. The lowest BCUT2D eigenvalue weighted by atomic mass is 9.83. The maximum Gasteiger partial charge on any atom is 0.221 e. The summed E-state index contributed by atoms with van der Waals surface area (Å²) in [5.41, 5.74) is 8.82. The van der Waals surface area contributed by atoms with Crippen LogP contribution in [-0.4, -0.2) is 10.2 Å². The van der Waals surface area contributed by atoms with Crippen molar-refractivity contribution >= 4 is 11.6 Å². The van der Waals surface area contributed by atoms with Crippen molar-refractivity contribution in [1.82, 2.24) is 10.2 Å². The van der Waals surface area contributed by atoms with Crippen molar-refractivity contribution in [2.75, 3.05) is 0 Å². The van der Waals surface area contributed by atoms with Gasteiger partial charge in [0.2, 0.25) is 11.8 Å². The normalized spacial score (nSPS) is 16.9. The van der Waals surface area contributed by atoms with Gasteiger partial charge in [-0.1, -0.05) is 43.1 Å². The van der Waals surface area contributed by atoms with Crippen LogP contribution in [0.4, 0.5) is 0 Å². The van der Waals surface area contributed by atoms with Crippen LogP contribution in [0.15, 0.2) is 35.7 Å². The second-order valence-electron chi connectivity index (χ2n) is 5.11. The van der Waals surface area contributed by atoms with Crippen molar-refractivity contribution in [1.29, 1.82) is 5.26 Å². The lowest BCUT2D eigenvalue weighted by Gasteiger charge is -2.24. The maximum atomic E-state index is 9.53. The van der Waals surface area contributed by atoms with Gasteiger partial charge in [-0.05, 0) is 18.1 Å². The minimum Gasteiger partial charge on any atom is -0.422 e. The first-order valence-corrected chi connectivity index (χ1v) is 7.44. The SMILES string of the molecule is CCCc1n[nH]c2c1C(c1ccccc1Cl)C(C#N)=C(N)O2. The zero-order chi connectivity index (χ0) is 15.7. The molecule has 1 aromatic heterocycles. The Bertz CT molecular complexity index is 788. The zero-order valence-electron chi connectivity index (χ0n) is 12.1. The molecular formula is C16H15ClN4O. The number of rotatable bonds is 3.